The standard InChI is InChI=1S/C10H8BrClO2/c11-9-5-7(2-1-3-13)4-8(6-9)10(12)14/h3-6H,1-2H2. The molecule has 0 radical (unpaired) electrons. The second-order valence-electron chi connectivity index (χ2n) is 2.83. The van der Waals surface area contributed by atoms with Crippen LogP contribution in [0.25, 0.3) is 0 Å². The summed E-state index contributed by atoms with van der Waals surface area (Å²) < 4.78 is 0.796. The first-order chi connectivity index (χ1) is 6.63. The molecule has 14 heavy (non-hydrogen) atoms. The number of aldehydes is 1. The fraction of sp³-hybridized carbons (Fsp3) is 0.200. The van der Waals surface area contributed by atoms with Crippen LogP contribution in [0.15, 0.2) is 22.7 Å². The molecule has 0 amide bonds. The van der Waals surface area contributed by atoms with Crippen LogP contribution >= 0.6 is 27.5 Å². The second-order valence-corrected chi connectivity index (χ2v) is 4.09. The summed E-state index contributed by atoms with van der Waals surface area (Å²) in [5.74, 6) is 0. The molecule has 0 bridgehead atoms. The third-order valence-electron chi connectivity index (χ3n) is 1.74. The van der Waals surface area contributed by atoms with Gasteiger partial charge in [0.1, 0.15) is 6.29 Å². The largest absolute Gasteiger partial charge is 0.303 e. The Bertz CT molecular complexity index is 363. The number of hydrogen-bond acceptors (Lipinski definition) is 2. The number of hydrogen-bond donors (Lipinski definition) is 0. The molecule has 4 heteroatoms. The van der Waals surface area contributed by atoms with E-state index in [1.165, 1.54) is 0 Å². The van der Waals surface area contributed by atoms with Gasteiger partial charge >= 0.3 is 0 Å². The van der Waals surface area contributed by atoms with Crippen molar-refractivity contribution >= 4 is 39.1 Å². The van der Waals surface area contributed by atoms with E-state index in [9.17, 15) is 9.59 Å². The van der Waals surface area contributed by atoms with E-state index >= 15 is 0 Å². The van der Waals surface area contributed by atoms with Gasteiger partial charge in [-0.25, -0.2) is 0 Å². The molecule has 0 atom stereocenters. The first kappa shape index (κ1) is 11.4. The predicted molar refractivity (Wildman–Crippen MR) is 58.7 cm³/mol. The quantitative estimate of drug-likeness (QED) is 0.625. The molecule has 0 N–H and O–H groups in total. The number of halogens is 2. The van der Waals surface area contributed by atoms with Crippen molar-refractivity contribution in [2.45, 2.75) is 12.8 Å². The lowest BCUT2D eigenvalue weighted by atomic mass is 10.1. The van der Waals surface area contributed by atoms with Crippen LogP contribution in [0.1, 0.15) is 22.3 Å². The van der Waals surface area contributed by atoms with Gasteiger partial charge in [0.25, 0.3) is 5.24 Å². The van der Waals surface area contributed by atoms with Gasteiger partial charge in [-0.1, -0.05) is 15.9 Å². The summed E-state index contributed by atoms with van der Waals surface area (Å²) in [7, 11) is 0. The number of rotatable bonds is 4. The van der Waals surface area contributed by atoms with E-state index in [4.69, 9.17) is 11.6 Å². The molecule has 0 fully saturated rings. The molecule has 0 aliphatic rings. The first-order valence-corrected chi connectivity index (χ1v) is 5.23. The van der Waals surface area contributed by atoms with Crippen molar-refractivity contribution in [3.05, 3.63) is 33.8 Å². The van der Waals surface area contributed by atoms with Crippen molar-refractivity contribution in [1.82, 2.24) is 0 Å². The van der Waals surface area contributed by atoms with Gasteiger partial charge in [0.2, 0.25) is 0 Å². The fourth-order valence-electron chi connectivity index (χ4n) is 1.13. The summed E-state index contributed by atoms with van der Waals surface area (Å²) in [4.78, 5) is 21.1. The average Bonchev–Trinajstić information content (AvgIpc) is 2.14. The molecule has 2 nitrogen and oxygen atoms in total. The summed E-state index contributed by atoms with van der Waals surface area (Å²) in [6, 6.07) is 5.22. The van der Waals surface area contributed by atoms with E-state index in [0.29, 0.717) is 18.4 Å². The highest BCUT2D eigenvalue weighted by molar-refractivity contribution is 9.10. The fourth-order valence-corrected chi connectivity index (χ4v) is 1.78. The van der Waals surface area contributed by atoms with E-state index < -0.39 is 5.24 Å². The number of carbonyl (C=O) groups is 2. The third-order valence-corrected chi connectivity index (χ3v) is 2.41. The molecule has 0 aliphatic carbocycles. The van der Waals surface area contributed by atoms with Crippen molar-refractivity contribution in [3.63, 3.8) is 0 Å². The average molecular weight is 276 g/mol. The highest BCUT2D eigenvalue weighted by Crippen LogP contribution is 2.18. The van der Waals surface area contributed by atoms with Crippen LogP contribution in [0.4, 0.5) is 0 Å². The molecule has 0 spiro atoms. The van der Waals surface area contributed by atoms with Gasteiger partial charge in [-0.05, 0) is 41.8 Å². The van der Waals surface area contributed by atoms with Crippen LogP contribution in [0, 0.1) is 0 Å². The van der Waals surface area contributed by atoms with Gasteiger partial charge in [0.15, 0.2) is 0 Å². The highest BCUT2D eigenvalue weighted by atomic mass is 79.9. The molecule has 74 valence electrons. The van der Waals surface area contributed by atoms with Crippen LogP contribution in [0.3, 0.4) is 0 Å². The van der Waals surface area contributed by atoms with Crippen LogP contribution < -0.4 is 0 Å². The summed E-state index contributed by atoms with van der Waals surface area (Å²) in [6.07, 6.45) is 1.93. The second kappa shape index (κ2) is 5.27. The molecule has 1 aromatic carbocycles. The zero-order valence-electron chi connectivity index (χ0n) is 7.30. The SMILES string of the molecule is O=CCCc1cc(Br)cc(C(=O)Cl)c1. The number of benzene rings is 1. The molecule has 1 rings (SSSR count). The maximum Gasteiger partial charge on any atom is 0.252 e. The van der Waals surface area contributed by atoms with E-state index in [2.05, 4.69) is 15.9 Å². The number of aryl methyl sites for hydroxylation is 1. The molecule has 0 unspecified atom stereocenters. The smallest absolute Gasteiger partial charge is 0.252 e. The Morgan fingerprint density at radius 1 is 1.43 bits per heavy atom. The first-order valence-electron chi connectivity index (χ1n) is 4.06. The summed E-state index contributed by atoms with van der Waals surface area (Å²) in [5, 5.41) is -0.487. The minimum Gasteiger partial charge on any atom is -0.303 e. The van der Waals surface area contributed by atoms with Gasteiger partial charge < -0.3 is 4.79 Å². The monoisotopic (exact) mass is 274 g/mol. The maximum absolute atomic E-state index is 10.9. The van der Waals surface area contributed by atoms with Crippen LogP contribution in [-0.2, 0) is 11.2 Å². The molecule has 0 aliphatic heterocycles. The minimum absolute atomic E-state index is 0.446. The van der Waals surface area contributed by atoms with Gasteiger partial charge in [-0.2, -0.15) is 0 Å². The molecular weight excluding hydrogens is 267 g/mol. The molecule has 0 heterocycles. The highest BCUT2D eigenvalue weighted by Gasteiger charge is 2.04. The Morgan fingerprint density at radius 2 is 2.14 bits per heavy atom. The van der Waals surface area contributed by atoms with E-state index in [1.54, 1.807) is 12.1 Å². The van der Waals surface area contributed by atoms with Crippen molar-refractivity contribution in [3.8, 4) is 0 Å². The molecule has 0 saturated heterocycles. The Hall–Kier alpha value is -0.670. The van der Waals surface area contributed by atoms with Gasteiger partial charge in [-0.3, -0.25) is 4.79 Å². The Morgan fingerprint density at radius 3 is 2.71 bits per heavy atom. The normalized spacial score (nSPS) is 9.86. The van der Waals surface area contributed by atoms with Crippen molar-refractivity contribution < 1.29 is 9.59 Å². The van der Waals surface area contributed by atoms with Crippen LogP contribution in [-0.4, -0.2) is 11.5 Å². The van der Waals surface area contributed by atoms with Crippen molar-refractivity contribution in [2.24, 2.45) is 0 Å². The van der Waals surface area contributed by atoms with E-state index in [0.717, 1.165) is 16.3 Å². The lowest BCUT2D eigenvalue weighted by molar-refractivity contribution is -0.107. The van der Waals surface area contributed by atoms with Gasteiger partial charge in [-0.15, -0.1) is 0 Å². The van der Waals surface area contributed by atoms with Crippen LogP contribution in [0.2, 0.25) is 0 Å². The van der Waals surface area contributed by atoms with Crippen molar-refractivity contribution in [1.29, 1.82) is 0 Å². The predicted octanol–water partition coefficient (Wildman–Crippen LogP) is 2.96. The Balaban J connectivity index is 2.94. The molecule has 0 saturated carbocycles. The lowest BCUT2D eigenvalue weighted by Crippen LogP contribution is -1.93. The van der Waals surface area contributed by atoms with Gasteiger partial charge in [0, 0.05) is 16.5 Å². The Labute approximate surface area is 95.4 Å². The van der Waals surface area contributed by atoms with E-state index in [-0.39, 0.29) is 0 Å². The van der Waals surface area contributed by atoms with Gasteiger partial charge in [0.05, 0.1) is 0 Å². The Kier molecular flexibility index (Phi) is 4.29. The third kappa shape index (κ3) is 3.24. The van der Waals surface area contributed by atoms with E-state index in [1.807, 2.05) is 6.07 Å². The molecule has 0 aromatic heterocycles. The number of carbonyl (C=O) groups excluding carboxylic acids is 2. The molecule has 1 aromatic rings. The summed E-state index contributed by atoms with van der Waals surface area (Å²) in [5.41, 5.74) is 1.37. The van der Waals surface area contributed by atoms with Crippen molar-refractivity contribution in [2.75, 3.05) is 0 Å². The maximum atomic E-state index is 10.9. The molecular formula is C10H8BrClO2. The minimum atomic E-state index is -0.487. The zero-order valence-corrected chi connectivity index (χ0v) is 9.64. The summed E-state index contributed by atoms with van der Waals surface area (Å²) >= 11 is 8.63. The van der Waals surface area contributed by atoms with Crippen LogP contribution in [0.5, 0.6) is 0 Å². The summed E-state index contributed by atoms with van der Waals surface area (Å²) in [6.45, 7) is 0. The zero-order chi connectivity index (χ0) is 10.6. The lowest BCUT2D eigenvalue weighted by Gasteiger charge is -2.01. The topological polar surface area (TPSA) is 34.1 Å².